The molecular weight excluding hydrogens is 390 g/mol. The molecule has 2 aromatic heterocycles. The third kappa shape index (κ3) is 4.45. The topological polar surface area (TPSA) is 81.8 Å². The van der Waals surface area contributed by atoms with E-state index in [0.29, 0.717) is 17.3 Å². The molecule has 0 saturated heterocycles. The number of amides is 1. The number of carbonyl (C=O) groups is 1. The van der Waals surface area contributed by atoms with Crippen LogP contribution in [0.4, 0.5) is 5.69 Å². The molecule has 2 aromatic carbocycles. The van der Waals surface area contributed by atoms with E-state index in [9.17, 15) is 9.59 Å². The maximum absolute atomic E-state index is 13.1. The third-order valence-corrected chi connectivity index (χ3v) is 4.86. The molecule has 0 aliphatic rings. The Morgan fingerprint density at radius 3 is 2.42 bits per heavy atom. The summed E-state index contributed by atoms with van der Waals surface area (Å²) in [6.45, 7) is 5.53. The van der Waals surface area contributed by atoms with Crippen LogP contribution in [0, 0.1) is 20.8 Å². The highest BCUT2D eigenvalue weighted by atomic mass is 16.2. The van der Waals surface area contributed by atoms with Gasteiger partial charge in [-0.15, -0.1) is 0 Å². The molecule has 1 N–H and O–H groups in total. The highest BCUT2D eigenvalue weighted by Gasteiger charge is 2.17. The number of aryl methyl sites for hydroxylation is 3. The number of rotatable bonds is 5. The molecule has 1 amide bonds. The Morgan fingerprint density at radius 2 is 1.74 bits per heavy atom. The Balaban J connectivity index is 1.76. The van der Waals surface area contributed by atoms with E-state index in [1.165, 1.54) is 10.6 Å². The first-order chi connectivity index (χ1) is 14.9. The lowest BCUT2D eigenvalue weighted by Crippen LogP contribution is -2.31. The minimum atomic E-state index is -0.323. The smallest absolute Gasteiger partial charge is 0.256 e. The van der Waals surface area contributed by atoms with Crippen molar-refractivity contribution in [2.75, 3.05) is 5.32 Å². The Morgan fingerprint density at radius 1 is 0.968 bits per heavy atom. The second-order valence-electron chi connectivity index (χ2n) is 7.49. The van der Waals surface area contributed by atoms with Crippen molar-refractivity contribution in [1.82, 2.24) is 19.3 Å². The minimum absolute atomic E-state index is 0.178. The van der Waals surface area contributed by atoms with Crippen LogP contribution < -0.4 is 10.9 Å². The molecule has 0 aliphatic carbocycles. The van der Waals surface area contributed by atoms with Crippen LogP contribution in [0.3, 0.4) is 0 Å². The first-order valence-electron chi connectivity index (χ1n) is 9.98. The summed E-state index contributed by atoms with van der Waals surface area (Å²) in [6, 6.07) is 20.3. The van der Waals surface area contributed by atoms with Crippen molar-refractivity contribution in [3.63, 3.8) is 0 Å². The molecule has 0 atom stereocenters. The summed E-state index contributed by atoms with van der Waals surface area (Å²) in [5.74, 6) is -0.0129. The van der Waals surface area contributed by atoms with Crippen molar-refractivity contribution in [2.45, 2.75) is 27.3 Å². The first kappa shape index (κ1) is 20.3. The van der Waals surface area contributed by atoms with Gasteiger partial charge in [0.2, 0.25) is 11.9 Å². The van der Waals surface area contributed by atoms with Crippen LogP contribution in [-0.2, 0) is 11.3 Å². The minimum Gasteiger partial charge on any atom is -0.325 e. The van der Waals surface area contributed by atoms with Crippen molar-refractivity contribution in [1.29, 1.82) is 0 Å². The van der Waals surface area contributed by atoms with Gasteiger partial charge in [0, 0.05) is 23.0 Å². The quantitative estimate of drug-likeness (QED) is 0.541. The number of hydrogen-bond donors (Lipinski definition) is 1. The van der Waals surface area contributed by atoms with Gasteiger partial charge in [-0.1, -0.05) is 42.5 Å². The average Bonchev–Trinajstić information content (AvgIpc) is 3.07. The van der Waals surface area contributed by atoms with Crippen molar-refractivity contribution in [3.8, 4) is 17.2 Å². The van der Waals surface area contributed by atoms with Crippen molar-refractivity contribution >= 4 is 11.6 Å². The summed E-state index contributed by atoms with van der Waals surface area (Å²) in [6.07, 6.45) is 0. The van der Waals surface area contributed by atoms with E-state index >= 15 is 0 Å². The maximum atomic E-state index is 13.1. The average molecular weight is 413 g/mol. The van der Waals surface area contributed by atoms with E-state index in [1.807, 2.05) is 81.4 Å². The lowest BCUT2D eigenvalue weighted by Gasteiger charge is -2.15. The molecule has 7 heteroatoms. The molecule has 31 heavy (non-hydrogen) atoms. The number of aromatic nitrogens is 4. The number of nitrogens with one attached hydrogen (secondary N) is 1. The van der Waals surface area contributed by atoms with Crippen molar-refractivity contribution in [3.05, 3.63) is 94.0 Å². The summed E-state index contributed by atoms with van der Waals surface area (Å²) in [7, 11) is 0. The zero-order chi connectivity index (χ0) is 22.0. The largest absolute Gasteiger partial charge is 0.325 e. The highest BCUT2D eigenvalue weighted by Crippen LogP contribution is 2.18. The number of anilines is 1. The van der Waals surface area contributed by atoms with Crippen molar-refractivity contribution < 1.29 is 4.79 Å². The Labute approximate surface area is 180 Å². The van der Waals surface area contributed by atoms with Gasteiger partial charge in [-0.2, -0.15) is 5.10 Å². The molecule has 4 rings (SSSR count). The van der Waals surface area contributed by atoms with Gasteiger partial charge in [-0.3, -0.25) is 14.2 Å². The fourth-order valence-corrected chi connectivity index (χ4v) is 3.46. The standard InChI is InChI=1S/C24H23N5O2/c1-16-8-7-11-20(12-16)25-22(30)15-28-23(31)14-21(19-9-5-4-6-10-19)26-24(28)29-18(3)13-17(2)27-29/h4-14H,15H2,1-3H3,(H,25,30). The van der Waals surface area contributed by atoms with Crippen LogP contribution in [0.2, 0.25) is 0 Å². The molecule has 0 aliphatic heterocycles. The predicted molar refractivity (Wildman–Crippen MR) is 120 cm³/mol. The second kappa shape index (κ2) is 8.39. The fourth-order valence-electron chi connectivity index (χ4n) is 3.46. The zero-order valence-corrected chi connectivity index (χ0v) is 17.7. The van der Waals surface area contributed by atoms with Crippen LogP contribution in [0.15, 0.2) is 71.5 Å². The predicted octanol–water partition coefficient (Wildman–Crippen LogP) is 3.66. The maximum Gasteiger partial charge on any atom is 0.256 e. The monoisotopic (exact) mass is 413 g/mol. The van der Waals surface area contributed by atoms with Gasteiger partial charge >= 0.3 is 0 Å². The molecule has 2 heterocycles. The number of benzene rings is 2. The molecule has 0 spiro atoms. The first-order valence-corrected chi connectivity index (χ1v) is 9.98. The van der Waals surface area contributed by atoms with Crippen LogP contribution in [-0.4, -0.2) is 25.2 Å². The van der Waals surface area contributed by atoms with Gasteiger partial charge in [-0.05, 0) is 44.5 Å². The van der Waals surface area contributed by atoms with Gasteiger partial charge in [0.25, 0.3) is 5.56 Å². The number of carbonyl (C=O) groups excluding carboxylic acids is 1. The van der Waals surface area contributed by atoms with Gasteiger partial charge in [0.15, 0.2) is 0 Å². The Kier molecular flexibility index (Phi) is 5.49. The van der Waals surface area contributed by atoms with E-state index in [2.05, 4.69) is 10.4 Å². The molecule has 0 fully saturated rings. The van der Waals surface area contributed by atoms with Crippen molar-refractivity contribution in [2.24, 2.45) is 0 Å². The van der Waals surface area contributed by atoms with E-state index in [1.54, 1.807) is 4.68 Å². The molecule has 4 aromatic rings. The SMILES string of the molecule is Cc1cccc(NC(=O)Cn2c(-n3nc(C)cc3C)nc(-c3ccccc3)cc2=O)c1. The van der Waals surface area contributed by atoms with E-state index in [-0.39, 0.29) is 18.0 Å². The van der Waals surface area contributed by atoms with Crippen LogP contribution in [0.25, 0.3) is 17.2 Å². The van der Waals surface area contributed by atoms with Gasteiger partial charge in [-0.25, -0.2) is 9.67 Å². The van der Waals surface area contributed by atoms with E-state index in [4.69, 9.17) is 4.98 Å². The number of nitrogens with zero attached hydrogens (tertiary/aromatic N) is 4. The van der Waals surface area contributed by atoms with E-state index < -0.39 is 0 Å². The highest BCUT2D eigenvalue weighted by molar-refractivity contribution is 5.90. The Hall–Kier alpha value is -4.00. The van der Waals surface area contributed by atoms with Gasteiger partial charge in [0.05, 0.1) is 11.4 Å². The normalized spacial score (nSPS) is 10.8. The number of hydrogen-bond acceptors (Lipinski definition) is 4. The molecule has 0 radical (unpaired) electrons. The Bertz CT molecular complexity index is 1310. The summed E-state index contributed by atoms with van der Waals surface area (Å²) in [4.78, 5) is 30.5. The lowest BCUT2D eigenvalue weighted by molar-refractivity contribution is -0.116. The molecule has 7 nitrogen and oxygen atoms in total. The molecule has 0 saturated carbocycles. The van der Waals surface area contributed by atoms with Crippen LogP contribution in [0.1, 0.15) is 17.0 Å². The van der Waals surface area contributed by atoms with Gasteiger partial charge in [0.1, 0.15) is 6.54 Å². The summed E-state index contributed by atoms with van der Waals surface area (Å²) >= 11 is 0. The van der Waals surface area contributed by atoms with Crippen LogP contribution >= 0.6 is 0 Å². The summed E-state index contributed by atoms with van der Waals surface area (Å²) in [5, 5.41) is 7.33. The fraction of sp³-hybridized carbons (Fsp3) is 0.167. The van der Waals surface area contributed by atoms with E-state index in [0.717, 1.165) is 22.5 Å². The molecule has 0 unspecified atom stereocenters. The van der Waals surface area contributed by atoms with Crippen LogP contribution in [0.5, 0.6) is 0 Å². The van der Waals surface area contributed by atoms with Gasteiger partial charge < -0.3 is 5.32 Å². The molecular formula is C24H23N5O2. The second-order valence-corrected chi connectivity index (χ2v) is 7.49. The summed E-state index contributed by atoms with van der Waals surface area (Å²) in [5.41, 5.74) is 4.36. The lowest BCUT2D eigenvalue weighted by atomic mass is 10.1. The molecule has 156 valence electrons. The molecule has 0 bridgehead atoms. The summed E-state index contributed by atoms with van der Waals surface area (Å²) < 4.78 is 2.94. The third-order valence-electron chi connectivity index (χ3n) is 4.86. The zero-order valence-electron chi connectivity index (χ0n) is 17.7.